The summed E-state index contributed by atoms with van der Waals surface area (Å²) in [5.41, 5.74) is 6.95. The van der Waals surface area contributed by atoms with Crippen LogP contribution in [0.15, 0.2) is 60.7 Å². The van der Waals surface area contributed by atoms with Gasteiger partial charge in [-0.05, 0) is 106 Å². The predicted octanol–water partition coefficient (Wildman–Crippen LogP) is 8.23. The number of aliphatic hydroxyl groups is 1. The summed E-state index contributed by atoms with van der Waals surface area (Å²) in [6.45, 7) is 10.7. The molecular weight excluding hydrogens is 456 g/mol. The van der Waals surface area contributed by atoms with E-state index in [1.807, 2.05) is 13.8 Å². The molecule has 2 aromatic rings. The van der Waals surface area contributed by atoms with Gasteiger partial charge in [-0.1, -0.05) is 73.9 Å². The van der Waals surface area contributed by atoms with Crippen LogP contribution in [-0.2, 0) is 28.8 Å². The molecule has 0 spiro atoms. The Labute approximate surface area is 226 Å². The first-order chi connectivity index (χ1) is 17.9. The van der Waals surface area contributed by atoms with Gasteiger partial charge >= 0.3 is 0 Å². The molecule has 1 aliphatic carbocycles. The second kappa shape index (κ2) is 18.0. The third kappa shape index (κ3) is 12.6. The Bertz CT molecular complexity index is 872. The Morgan fingerprint density at radius 2 is 1.43 bits per heavy atom. The van der Waals surface area contributed by atoms with Crippen molar-refractivity contribution in [1.29, 1.82) is 0 Å². The molecule has 0 radical (unpaired) electrons. The highest BCUT2D eigenvalue weighted by Crippen LogP contribution is 2.38. The van der Waals surface area contributed by atoms with Gasteiger partial charge in [0.1, 0.15) is 0 Å². The van der Waals surface area contributed by atoms with Gasteiger partial charge in [-0.25, -0.2) is 0 Å². The fourth-order valence-corrected chi connectivity index (χ4v) is 5.27. The minimum Gasteiger partial charge on any atom is -0.468 e. The Morgan fingerprint density at radius 3 is 1.92 bits per heavy atom. The average Bonchev–Trinajstić information content (AvgIpc) is 2.91. The lowest BCUT2D eigenvalue weighted by molar-refractivity contribution is -0.130. The zero-order valence-electron chi connectivity index (χ0n) is 23.6. The zero-order valence-corrected chi connectivity index (χ0v) is 23.6. The molecule has 0 aromatic heterocycles. The molecule has 204 valence electrons. The average molecular weight is 507 g/mol. The maximum atomic E-state index is 10.4. The van der Waals surface area contributed by atoms with Crippen LogP contribution in [0.5, 0.6) is 0 Å². The fraction of sp³-hybridized carbons (Fsp3) is 0.559. The molecule has 3 nitrogen and oxygen atoms in total. The van der Waals surface area contributed by atoms with Crippen LogP contribution in [0, 0.1) is 11.8 Å². The maximum Gasteiger partial charge on any atom is 0.293 e. The van der Waals surface area contributed by atoms with Gasteiger partial charge in [0, 0.05) is 12.5 Å². The van der Waals surface area contributed by atoms with E-state index >= 15 is 0 Å². The highest BCUT2D eigenvalue weighted by atomic mass is 16.5. The Hall–Kier alpha value is -2.39. The van der Waals surface area contributed by atoms with Crippen LogP contribution >= 0.6 is 0 Å². The molecule has 1 aliphatic rings. The zero-order chi connectivity index (χ0) is 26.9. The van der Waals surface area contributed by atoms with E-state index in [4.69, 9.17) is 4.74 Å². The normalized spacial score (nSPS) is 17.8. The summed E-state index contributed by atoms with van der Waals surface area (Å²) in [6, 6.07) is 18.5. The topological polar surface area (TPSA) is 46.5 Å². The van der Waals surface area contributed by atoms with Gasteiger partial charge in [0.2, 0.25) is 0 Å². The lowest BCUT2D eigenvalue weighted by Gasteiger charge is -2.30. The third-order valence-electron chi connectivity index (χ3n) is 7.42. The first-order valence-corrected chi connectivity index (χ1v) is 14.4. The number of hydrogen-bond acceptors (Lipinski definition) is 3. The van der Waals surface area contributed by atoms with E-state index in [1.54, 1.807) is 0 Å². The molecule has 37 heavy (non-hydrogen) atoms. The number of carbonyl (C=O) groups is 1. The summed E-state index contributed by atoms with van der Waals surface area (Å²) in [5, 5.41) is 9.51. The smallest absolute Gasteiger partial charge is 0.293 e. The summed E-state index contributed by atoms with van der Waals surface area (Å²) in [6.07, 6.45) is 13.0. The number of benzene rings is 2. The highest BCUT2D eigenvalue weighted by Gasteiger charge is 2.24. The van der Waals surface area contributed by atoms with Crippen LogP contribution in [0.3, 0.4) is 0 Å². The third-order valence-corrected chi connectivity index (χ3v) is 7.42. The molecule has 0 bridgehead atoms. The van der Waals surface area contributed by atoms with E-state index < -0.39 is 0 Å². The molecule has 1 fully saturated rings. The van der Waals surface area contributed by atoms with Crippen molar-refractivity contribution >= 4 is 6.47 Å². The van der Waals surface area contributed by atoms with E-state index in [2.05, 4.69) is 62.0 Å². The van der Waals surface area contributed by atoms with Crippen molar-refractivity contribution in [1.82, 2.24) is 0 Å². The second-order valence-corrected chi connectivity index (χ2v) is 11.2. The number of aliphatic hydroxyl groups excluding tert-OH is 1. The monoisotopic (exact) mass is 506 g/mol. The van der Waals surface area contributed by atoms with Gasteiger partial charge in [-0.15, -0.1) is 6.58 Å². The molecule has 3 heteroatoms. The summed E-state index contributed by atoms with van der Waals surface area (Å²) in [5.74, 6) is 1.36. The predicted molar refractivity (Wildman–Crippen MR) is 156 cm³/mol. The van der Waals surface area contributed by atoms with Gasteiger partial charge < -0.3 is 9.84 Å². The van der Waals surface area contributed by atoms with Crippen LogP contribution in [-0.4, -0.2) is 24.8 Å². The molecule has 0 aliphatic heterocycles. The number of allylic oxidation sites excluding steroid dienone is 1. The van der Waals surface area contributed by atoms with Crippen molar-refractivity contribution in [2.45, 2.75) is 97.3 Å². The van der Waals surface area contributed by atoms with Crippen LogP contribution in [0.25, 0.3) is 0 Å². The van der Waals surface area contributed by atoms with Gasteiger partial charge in [-0.2, -0.15) is 0 Å². The van der Waals surface area contributed by atoms with Crippen LogP contribution < -0.4 is 0 Å². The molecule has 2 aromatic carbocycles. The van der Waals surface area contributed by atoms with E-state index in [0.29, 0.717) is 24.9 Å². The van der Waals surface area contributed by atoms with E-state index in [1.165, 1.54) is 79.2 Å². The fourth-order valence-electron chi connectivity index (χ4n) is 5.27. The van der Waals surface area contributed by atoms with Gasteiger partial charge in [0.25, 0.3) is 6.47 Å². The molecule has 3 rings (SSSR count). The number of ether oxygens (including phenoxy) is 1. The summed E-state index contributed by atoms with van der Waals surface area (Å²) in [4.78, 5) is 10.4. The first kappa shape index (κ1) is 30.8. The number of hydrogen-bond donors (Lipinski definition) is 1. The van der Waals surface area contributed by atoms with Crippen LogP contribution in [0.1, 0.15) is 100 Å². The Kier molecular flexibility index (Phi) is 15.0. The Balaban J connectivity index is 0.00000112. The molecule has 1 N–H and O–H groups in total. The van der Waals surface area contributed by atoms with E-state index in [9.17, 15) is 9.90 Å². The molecule has 1 saturated carbocycles. The molecule has 0 saturated heterocycles. The van der Waals surface area contributed by atoms with Crippen LogP contribution in [0.2, 0.25) is 0 Å². The van der Waals surface area contributed by atoms with Crippen molar-refractivity contribution < 1.29 is 14.6 Å². The number of rotatable bonds is 14. The van der Waals surface area contributed by atoms with Crippen molar-refractivity contribution in [2.24, 2.45) is 11.8 Å². The van der Waals surface area contributed by atoms with E-state index in [0.717, 1.165) is 19.3 Å². The number of carbonyl (C=O) groups excluding carboxylic acids is 1. The van der Waals surface area contributed by atoms with Crippen LogP contribution in [0.4, 0.5) is 0 Å². The highest BCUT2D eigenvalue weighted by molar-refractivity contribution is 5.36. The molecule has 1 atom stereocenters. The van der Waals surface area contributed by atoms with Crippen molar-refractivity contribution in [3.8, 4) is 0 Å². The second-order valence-electron chi connectivity index (χ2n) is 11.2. The summed E-state index contributed by atoms with van der Waals surface area (Å²) < 4.78 is 4.86. The largest absolute Gasteiger partial charge is 0.468 e. The number of unbranched alkanes of at least 4 members (excludes halogenated alkanes) is 2. The summed E-state index contributed by atoms with van der Waals surface area (Å²) in [7, 11) is 0. The molecule has 0 heterocycles. The lowest BCUT2D eigenvalue weighted by atomic mass is 9.76. The first-order valence-electron chi connectivity index (χ1n) is 14.4. The Morgan fingerprint density at radius 1 is 0.919 bits per heavy atom. The number of aryl methyl sites for hydroxylation is 3. The van der Waals surface area contributed by atoms with E-state index in [-0.39, 0.29) is 12.5 Å². The minimum absolute atomic E-state index is 0.0771. The molecule has 1 unspecified atom stereocenters. The SMILES string of the molecule is C=C(C)C.CCCCCc1ccc(CCc2ccc(C3CCC(CC(CO)COC=O)CC3)cc2)cc1. The maximum absolute atomic E-state index is 10.4. The van der Waals surface area contributed by atoms with Gasteiger partial charge in [0.15, 0.2) is 0 Å². The standard InChI is InChI=1S/C30H42O3.C4H8/c1-2-3-4-5-24-6-8-25(9-7-24)10-11-26-12-16-29(17-13-26)30-18-14-27(15-19-30)20-28(21-31)22-33-23-32;1-4(2)3/h6-9,12-13,16-17,23,27-28,30-31H,2-5,10-11,14-15,18-22H2,1H3;1H2,2-3H3. The van der Waals surface area contributed by atoms with Crippen molar-refractivity contribution in [2.75, 3.05) is 13.2 Å². The van der Waals surface area contributed by atoms with Crippen molar-refractivity contribution in [3.05, 3.63) is 82.9 Å². The van der Waals surface area contributed by atoms with Crippen molar-refractivity contribution in [3.63, 3.8) is 0 Å². The lowest BCUT2D eigenvalue weighted by Crippen LogP contribution is -2.21. The quantitative estimate of drug-likeness (QED) is 0.159. The van der Waals surface area contributed by atoms with Gasteiger partial charge in [-0.3, -0.25) is 4.79 Å². The molecule has 0 amide bonds. The molecular formula is C34H50O3. The minimum atomic E-state index is 0.0771. The summed E-state index contributed by atoms with van der Waals surface area (Å²) >= 11 is 0. The van der Waals surface area contributed by atoms with Gasteiger partial charge in [0.05, 0.1) is 6.61 Å².